The molecular formula is C14H15NO2. The Morgan fingerprint density at radius 2 is 1.94 bits per heavy atom. The van der Waals surface area contributed by atoms with E-state index in [1.54, 1.807) is 13.3 Å². The maximum absolute atomic E-state index is 9.13. The van der Waals surface area contributed by atoms with E-state index in [0.717, 1.165) is 22.3 Å². The first-order valence-corrected chi connectivity index (χ1v) is 5.45. The Kier molecular flexibility index (Phi) is 3.40. The fourth-order valence-electron chi connectivity index (χ4n) is 1.75. The summed E-state index contributed by atoms with van der Waals surface area (Å²) in [4.78, 5) is 4.08. The highest BCUT2D eigenvalue weighted by Gasteiger charge is 2.03. The second-order valence-corrected chi connectivity index (χ2v) is 3.89. The van der Waals surface area contributed by atoms with Crippen LogP contribution in [0.5, 0.6) is 5.88 Å². The first kappa shape index (κ1) is 11.6. The van der Waals surface area contributed by atoms with Gasteiger partial charge in [-0.2, -0.15) is 0 Å². The van der Waals surface area contributed by atoms with Crippen LogP contribution in [0.4, 0.5) is 0 Å². The summed E-state index contributed by atoms with van der Waals surface area (Å²) in [6.45, 7) is 2.07. The van der Waals surface area contributed by atoms with Gasteiger partial charge in [-0.25, -0.2) is 4.98 Å². The van der Waals surface area contributed by atoms with E-state index in [0.29, 0.717) is 5.88 Å². The molecule has 0 saturated carbocycles. The highest BCUT2D eigenvalue weighted by atomic mass is 16.5. The normalized spacial score (nSPS) is 10.3. The number of hydrogen-bond donors (Lipinski definition) is 1. The molecule has 0 bridgehead atoms. The van der Waals surface area contributed by atoms with E-state index >= 15 is 0 Å². The third kappa shape index (κ3) is 2.45. The van der Waals surface area contributed by atoms with Crippen molar-refractivity contribution in [3.63, 3.8) is 0 Å². The average Bonchev–Trinajstić information content (AvgIpc) is 2.38. The van der Waals surface area contributed by atoms with Crippen molar-refractivity contribution in [2.75, 3.05) is 7.11 Å². The highest BCUT2D eigenvalue weighted by molar-refractivity contribution is 5.65. The quantitative estimate of drug-likeness (QED) is 0.879. The third-order valence-corrected chi connectivity index (χ3v) is 2.79. The number of hydrogen-bond acceptors (Lipinski definition) is 3. The van der Waals surface area contributed by atoms with Crippen molar-refractivity contribution in [1.29, 1.82) is 0 Å². The molecular weight excluding hydrogens is 214 g/mol. The lowest BCUT2D eigenvalue weighted by Gasteiger charge is -2.07. The van der Waals surface area contributed by atoms with Crippen LogP contribution in [0.25, 0.3) is 11.1 Å². The molecule has 0 aliphatic rings. The van der Waals surface area contributed by atoms with Crippen molar-refractivity contribution in [1.82, 2.24) is 4.98 Å². The summed E-state index contributed by atoms with van der Waals surface area (Å²) < 4.78 is 5.10. The van der Waals surface area contributed by atoms with Gasteiger partial charge in [-0.05, 0) is 35.2 Å². The summed E-state index contributed by atoms with van der Waals surface area (Å²) in [5, 5.41) is 9.13. The molecule has 0 radical (unpaired) electrons. The smallest absolute Gasteiger partial charge is 0.213 e. The number of aliphatic hydroxyl groups is 1. The van der Waals surface area contributed by atoms with E-state index in [4.69, 9.17) is 9.84 Å². The second kappa shape index (κ2) is 4.97. The Balaban J connectivity index is 2.42. The molecule has 0 saturated heterocycles. The molecule has 17 heavy (non-hydrogen) atoms. The van der Waals surface area contributed by atoms with Crippen molar-refractivity contribution < 1.29 is 9.84 Å². The summed E-state index contributed by atoms with van der Waals surface area (Å²) in [5.41, 5.74) is 4.19. The Hall–Kier alpha value is -1.87. The van der Waals surface area contributed by atoms with Crippen molar-refractivity contribution in [2.24, 2.45) is 0 Å². The minimum Gasteiger partial charge on any atom is -0.481 e. The van der Waals surface area contributed by atoms with Gasteiger partial charge in [-0.15, -0.1) is 0 Å². The Bertz CT molecular complexity index is 523. The van der Waals surface area contributed by atoms with Gasteiger partial charge in [-0.1, -0.05) is 18.2 Å². The van der Waals surface area contributed by atoms with Crippen LogP contribution in [-0.4, -0.2) is 17.2 Å². The van der Waals surface area contributed by atoms with Gasteiger partial charge in [0.15, 0.2) is 0 Å². The summed E-state index contributed by atoms with van der Waals surface area (Å²) in [6, 6.07) is 9.83. The molecule has 1 N–H and O–H groups in total. The lowest BCUT2D eigenvalue weighted by atomic mass is 10.0. The zero-order valence-corrected chi connectivity index (χ0v) is 9.97. The summed E-state index contributed by atoms with van der Waals surface area (Å²) in [5.74, 6) is 0.603. The zero-order valence-electron chi connectivity index (χ0n) is 9.97. The Morgan fingerprint density at radius 3 is 2.59 bits per heavy atom. The standard InChI is InChI=1S/C14H15NO2/c1-10-7-11(3-4-13(10)9-16)12-5-6-15-14(8-12)17-2/h3-8,16H,9H2,1-2H3. The number of methoxy groups -OCH3 is 1. The van der Waals surface area contributed by atoms with Gasteiger partial charge < -0.3 is 9.84 Å². The zero-order chi connectivity index (χ0) is 12.3. The molecule has 1 heterocycles. The molecule has 88 valence electrons. The molecule has 2 aromatic rings. The maximum atomic E-state index is 9.13. The highest BCUT2D eigenvalue weighted by Crippen LogP contribution is 2.24. The van der Waals surface area contributed by atoms with E-state index in [9.17, 15) is 0 Å². The molecule has 0 aliphatic carbocycles. The minimum absolute atomic E-state index is 0.0752. The summed E-state index contributed by atoms with van der Waals surface area (Å²) >= 11 is 0. The maximum Gasteiger partial charge on any atom is 0.213 e. The van der Waals surface area contributed by atoms with Crippen LogP contribution >= 0.6 is 0 Å². The molecule has 3 nitrogen and oxygen atoms in total. The largest absolute Gasteiger partial charge is 0.481 e. The first-order valence-electron chi connectivity index (χ1n) is 5.45. The van der Waals surface area contributed by atoms with Crippen molar-refractivity contribution in [2.45, 2.75) is 13.5 Å². The van der Waals surface area contributed by atoms with E-state index in [1.165, 1.54) is 0 Å². The van der Waals surface area contributed by atoms with Crippen LogP contribution in [0.1, 0.15) is 11.1 Å². The van der Waals surface area contributed by atoms with Gasteiger partial charge in [-0.3, -0.25) is 0 Å². The third-order valence-electron chi connectivity index (χ3n) is 2.79. The number of rotatable bonds is 3. The number of benzene rings is 1. The van der Waals surface area contributed by atoms with Gasteiger partial charge in [0.25, 0.3) is 0 Å². The number of ether oxygens (including phenoxy) is 1. The molecule has 1 aromatic heterocycles. The predicted octanol–water partition coefficient (Wildman–Crippen LogP) is 2.56. The van der Waals surface area contributed by atoms with Crippen LogP contribution < -0.4 is 4.74 Å². The lowest BCUT2D eigenvalue weighted by Crippen LogP contribution is -1.91. The molecule has 0 fully saturated rings. The minimum atomic E-state index is 0.0752. The molecule has 0 spiro atoms. The number of aliphatic hydroxyl groups excluding tert-OH is 1. The van der Waals surface area contributed by atoms with E-state index in [1.807, 2.05) is 31.2 Å². The van der Waals surface area contributed by atoms with Gasteiger partial charge in [0.05, 0.1) is 13.7 Å². The average molecular weight is 229 g/mol. The first-order chi connectivity index (χ1) is 8.24. The van der Waals surface area contributed by atoms with Crippen LogP contribution in [0.3, 0.4) is 0 Å². The van der Waals surface area contributed by atoms with Gasteiger partial charge in [0, 0.05) is 12.3 Å². The van der Waals surface area contributed by atoms with Crippen molar-refractivity contribution >= 4 is 0 Å². The Labute approximate surface area is 101 Å². The summed E-state index contributed by atoms with van der Waals surface area (Å²) in [7, 11) is 1.60. The SMILES string of the molecule is COc1cc(-c2ccc(CO)c(C)c2)ccn1. The number of pyridine rings is 1. The number of nitrogens with zero attached hydrogens (tertiary/aromatic N) is 1. The van der Waals surface area contributed by atoms with E-state index in [2.05, 4.69) is 11.1 Å². The summed E-state index contributed by atoms with van der Waals surface area (Å²) in [6.07, 6.45) is 1.73. The van der Waals surface area contributed by atoms with Crippen LogP contribution in [0, 0.1) is 6.92 Å². The molecule has 0 unspecified atom stereocenters. The predicted molar refractivity (Wildman–Crippen MR) is 66.9 cm³/mol. The van der Waals surface area contributed by atoms with E-state index < -0.39 is 0 Å². The molecule has 1 aromatic carbocycles. The van der Waals surface area contributed by atoms with Gasteiger partial charge in [0.2, 0.25) is 5.88 Å². The topological polar surface area (TPSA) is 42.4 Å². The molecule has 2 rings (SSSR count). The fourth-order valence-corrected chi connectivity index (χ4v) is 1.75. The van der Waals surface area contributed by atoms with Crippen molar-refractivity contribution in [3.8, 4) is 17.0 Å². The van der Waals surface area contributed by atoms with Crippen molar-refractivity contribution in [3.05, 3.63) is 47.7 Å². The van der Waals surface area contributed by atoms with Crippen LogP contribution in [0.2, 0.25) is 0 Å². The molecule has 0 atom stereocenters. The van der Waals surface area contributed by atoms with E-state index in [-0.39, 0.29) is 6.61 Å². The molecule has 3 heteroatoms. The Morgan fingerprint density at radius 1 is 1.18 bits per heavy atom. The van der Waals surface area contributed by atoms with Crippen LogP contribution in [-0.2, 0) is 6.61 Å². The number of aromatic nitrogens is 1. The monoisotopic (exact) mass is 229 g/mol. The molecule has 0 amide bonds. The fraction of sp³-hybridized carbons (Fsp3) is 0.214. The molecule has 0 aliphatic heterocycles. The van der Waals surface area contributed by atoms with Gasteiger partial charge in [0.1, 0.15) is 0 Å². The second-order valence-electron chi connectivity index (χ2n) is 3.89. The van der Waals surface area contributed by atoms with Crippen LogP contribution in [0.15, 0.2) is 36.5 Å². The lowest BCUT2D eigenvalue weighted by molar-refractivity contribution is 0.281. The number of aryl methyl sites for hydroxylation is 1. The van der Waals surface area contributed by atoms with Gasteiger partial charge >= 0.3 is 0 Å².